The Kier molecular flexibility index (Phi) is 6.11. The lowest BCUT2D eigenvalue weighted by molar-refractivity contribution is -0.147. The van der Waals surface area contributed by atoms with E-state index in [1.807, 2.05) is 13.8 Å². The van der Waals surface area contributed by atoms with Gasteiger partial charge in [-0.15, -0.1) is 0 Å². The Labute approximate surface area is 108 Å². The highest BCUT2D eigenvalue weighted by atomic mass is 16.5. The van der Waals surface area contributed by atoms with Crippen LogP contribution in [0.2, 0.25) is 0 Å². The van der Waals surface area contributed by atoms with Crippen LogP contribution in [0, 0.1) is 5.41 Å². The number of carboxylic acid groups (broad SMARTS) is 1. The zero-order chi connectivity index (χ0) is 14.4. The maximum atomic E-state index is 11.6. The van der Waals surface area contributed by atoms with Crippen molar-refractivity contribution in [1.29, 1.82) is 0 Å². The van der Waals surface area contributed by atoms with Gasteiger partial charge in [0.25, 0.3) is 0 Å². The van der Waals surface area contributed by atoms with Gasteiger partial charge < -0.3 is 20.5 Å². The van der Waals surface area contributed by atoms with Crippen LogP contribution in [0.15, 0.2) is 0 Å². The molecule has 0 aromatic rings. The molecule has 1 atom stereocenters. The molecule has 106 valence electrons. The average molecular weight is 260 g/mol. The van der Waals surface area contributed by atoms with Crippen LogP contribution in [0.25, 0.3) is 0 Å². The van der Waals surface area contributed by atoms with E-state index in [-0.39, 0.29) is 6.54 Å². The summed E-state index contributed by atoms with van der Waals surface area (Å²) in [4.78, 5) is 22.7. The highest BCUT2D eigenvalue weighted by Gasteiger charge is 2.32. The molecule has 0 aliphatic heterocycles. The van der Waals surface area contributed by atoms with E-state index >= 15 is 0 Å². The van der Waals surface area contributed by atoms with E-state index in [9.17, 15) is 9.59 Å². The minimum atomic E-state index is -0.942. The van der Waals surface area contributed by atoms with Crippen LogP contribution in [0.3, 0.4) is 0 Å². The molecule has 0 aromatic heterocycles. The van der Waals surface area contributed by atoms with Crippen LogP contribution < -0.4 is 10.6 Å². The first kappa shape index (κ1) is 16.7. The van der Waals surface area contributed by atoms with E-state index in [0.717, 1.165) is 0 Å². The summed E-state index contributed by atoms with van der Waals surface area (Å²) in [5.74, 6) is -0.915. The maximum Gasteiger partial charge on any atom is 0.315 e. The molecule has 0 saturated heterocycles. The molecule has 6 heteroatoms. The summed E-state index contributed by atoms with van der Waals surface area (Å²) in [5.41, 5.74) is -1.44. The Morgan fingerprint density at radius 2 is 1.83 bits per heavy atom. The number of hydrogen-bond acceptors (Lipinski definition) is 3. The number of urea groups is 1. The van der Waals surface area contributed by atoms with Gasteiger partial charge in [-0.05, 0) is 27.2 Å². The number of hydrogen-bond donors (Lipinski definition) is 3. The first-order valence-corrected chi connectivity index (χ1v) is 5.95. The number of methoxy groups -OCH3 is 1. The van der Waals surface area contributed by atoms with Crippen LogP contribution >= 0.6 is 0 Å². The van der Waals surface area contributed by atoms with Crippen LogP contribution in [0.5, 0.6) is 0 Å². The van der Waals surface area contributed by atoms with Gasteiger partial charge in [-0.2, -0.15) is 0 Å². The maximum absolute atomic E-state index is 11.6. The lowest BCUT2D eigenvalue weighted by Crippen LogP contribution is -2.53. The van der Waals surface area contributed by atoms with E-state index in [4.69, 9.17) is 9.84 Å². The molecule has 0 saturated carbocycles. The minimum absolute atomic E-state index is 0.0910. The van der Waals surface area contributed by atoms with Gasteiger partial charge in [0, 0.05) is 13.7 Å². The fourth-order valence-corrected chi connectivity index (χ4v) is 1.38. The molecule has 6 nitrogen and oxygen atoms in total. The third kappa shape index (κ3) is 5.35. The van der Waals surface area contributed by atoms with Crippen LogP contribution in [0.4, 0.5) is 4.79 Å². The van der Waals surface area contributed by atoms with Crippen LogP contribution in [0.1, 0.15) is 34.1 Å². The molecule has 0 aromatic carbocycles. The number of ether oxygens (including phenoxy) is 1. The van der Waals surface area contributed by atoms with Crippen molar-refractivity contribution in [2.24, 2.45) is 5.41 Å². The molecule has 0 heterocycles. The quantitative estimate of drug-likeness (QED) is 0.642. The topological polar surface area (TPSA) is 87.7 Å². The van der Waals surface area contributed by atoms with Crippen molar-refractivity contribution < 1.29 is 19.4 Å². The van der Waals surface area contributed by atoms with Crippen molar-refractivity contribution in [3.8, 4) is 0 Å². The van der Waals surface area contributed by atoms with E-state index in [2.05, 4.69) is 10.6 Å². The molecular weight excluding hydrogens is 236 g/mol. The number of carbonyl (C=O) groups is 2. The van der Waals surface area contributed by atoms with Crippen LogP contribution in [-0.2, 0) is 9.53 Å². The summed E-state index contributed by atoms with van der Waals surface area (Å²) in [6.07, 6.45) is 0.448. The van der Waals surface area contributed by atoms with Crippen molar-refractivity contribution in [3.05, 3.63) is 0 Å². The number of aliphatic carboxylic acids is 1. The van der Waals surface area contributed by atoms with Crippen molar-refractivity contribution >= 4 is 12.0 Å². The highest BCUT2D eigenvalue weighted by molar-refractivity contribution is 5.78. The lowest BCUT2D eigenvalue weighted by Gasteiger charge is -2.27. The third-order valence-electron chi connectivity index (χ3n) is 2.89. The van der Waals surface area contributed by atoms with Crippen molar-refractivity contribution in [1.82, 2.24) is 10.6 Å². The van der Waals surface area contributed by atoms with Gasteiger partial charge >= 0.3 is 12.0 Å². The van der Waals surface area contributed by atoms with Gasteiger partial charge in [-0.25, -0.2) is 4.79 Å². The standard InChI is InChI=1S/C12H24N2O4/c1-6-12(4,9(15)16)7-13-10(17)14-11(2,3)8-18-5/h6-8H2,1-5H3,(H,15,16)(H2,13,14,17). The molecule has 1 unspecified atom stereocenters. The van der Waals surface area contributed by atoms with E-state index in [0.29, 0.717) is 13.0 Å². The summed E-state index contributed by atoms with van der Waals surface area (Å²) in [6.45, 7) is 7.51. The first-order chi connectivity index (χ1) is 8.17. The first-order valence-electron chi connectivity index (χ1n) is 5.95. The van der Waals surface area contributed by atoms with E-state index in [1.165, 1.54) is 0 Å². The number of carbonyl (C=O) groups excluding carboxylic acids is 1. The van der Waals surface area contributed by atoms with Gasteiger partial charge in [0.1, 0.15) is 0 Å². The van der Waals surface area contributed by atoms with Gasteiger partial charge in [0.05, 0.1) is 17.6 Å². The summed E-state index contributed by atoms with van der Waals surface area (Å²) >= 11 is 0. The summed E-state index contributed by atoms with van der Waals surface area (Å²) < 4.78 is 4.98. The van der Waals surface area contributed by atoms with E-state index < -0.39 is 23.0 Å². The monoisotopic (exact) mass is 260 g/mol. The second kappa shape index (κ2) is 6.58. The molecule has 3 N–H and O–H groups in total. The zero-order valence-corrected chi connectivity index (χ0v) is 11.8. The molecule has 0 spiro atoms. The van der Waals surface area contributed by atoms with Gasteiger partial charge in [0.15, 0.2) is 0 Å². The SMILES string of the molecule is CCC(C)(CNC(=O)NC(C)(C)COC)C(=O)O. The van der Waals surface area contributed by atoms with Crippen LogP contribution in [-0.4, -0.2) is 42.9 Å². The smallest absolute Gasteiger partial charge is 0.315 e. The molecule has 0 radical (unpaired) electrons. The van der Waals surface area contributed by atoms with Gasteiger partial charge in [0.2, 0.25) is 0 Å². The number of nitrogens with one attached hydrogen (secondary N) is 2. The number of amides is 2. The predicted octanol–water partition coefficient (Wildman–Crippen LogP) is 1.21. The normalized spacial score (nSPS) is 14.7. The fraction of sp³-hybridized carbons (Fsp3) is 0.833. The summed E-state index contributed by atoms with van der Waals surface area (Å²) in [6, 6.07) is -0.391. The molecular formula is C12H24N2O4. The highest BCUT2D eigenvalue weighted by Crippen LogP contribution is 2.19. The van der Waals surface area contributed by atoms with Gasteiger partial charge in [-0.1, -0.05) is 6.92 Å². The predicted molar refractivity (Wildman–Crippen MR) is 68.5 cm³/mol. The molecule has 0 bridgehead atoms. The fourth-order valence-electron chi connectivity index (χ4n) is 1.38. The number of rotatable bonds is 7. The van der Waals surface area contributed by atoms with Gasteiger partial charge in [-0.3, -0.25) is 4.79 Å². The Morgan fingerprint density at radius 3 is 2.22 bits per heavy atom. The Hall–Kier alpha value is -1.30. The summed E-state index contributed by atoms with van der Waals surface area (Å²) in [5, 5.41) is 14.4. The molecule has 0 aliphatic rings. The lowest BCUT2D eigenvalue weighted by atomic mass is 9.88. The van der Waals surface area contributed by atoms with Crippen molar-refractivity contribution in [3.63, 3.8) is 0 Å². The Balaban J connectivity index is 4.30. The van der Waals surface area contributed by atoms with E-state index in [1.54, 1.807) is 21.0 Å². The minimum Gasteiger partial charge on any atom is -0.481 e. The van der Waals surface area contributed by atoms with Crippen molar-refractivity contribution in [2.75, 3.05) is 20.3 Å². The third-order valence-corrected chi connectivity index (χ3v) is 2.89. The number of carboxylic acids is 1. The molecule has 0 aliphatic carbocycles. The molecule has 2 amide bonds. The molecule has 0 fully saturated rings. The zero-order valence-electron chi connectivity index (χ0n) is 11.8. The van der Waals surface area contributed by atoms with Crippen molar-refractivity contribution in [2.45, 2.75) is 39.7 Å². The average Bonchev–Trinajstić information content (AvgIpc) is 2.24. The summed E-state index contributed by atoms with van der Waals surface area (Å²) in [7, 11) is 1.56. The largest absolute Gasteiger partial charge is 0.481 e. The second-order valence-electron chi connectivity index (χ2n) is 5.34. The Morgan fingerprint density at radius 1 is 1.28 bits per heavy atom. The second-order valence-corrected chi connectivity index (χ2v) is 5.34. The molecule has 18 heavy (non-hydrogen) atoms. The molecule has 0 rings (SSSR count). The Bertz CT molecular complexity index is 304.